The molecule has 30 heavy (non-hydrogen) atoms. The summed E-state index contributed by atoms with van der Waals surface area (Å²) in [5.41, 5.74) is 2.21. The lowest BCUT2D eigenvalue weighted by Crippen LogP contribution is -2.69. The van der Waals surface area contributed by atoms with Gasteiger partial charge in [-0.15, -0.1) is 0 Å². The lowest BCUT2D eigenvalue weighted by atomic mass is 9.90. The molecule has 3 unspecified atom stereocenters. The number of nitrogens with zero attached hydrogens (tertiary/aromatic N) is 2. The second kappa shape index (κ2) is 9.25. The molecule has 0 saturated carbocycles. The first kappa shape index (κ1) is 21.0. The predicted molar refractivity (Wildman–Crippen MR) is 120 cm³/mol. The van der Waals surface area contributed by atoms with E-state index >= 15 is 0 Å². The predicted octanol–water partition coefficient (Wildman–Crippen LogP) is 2.72. The number of hydrogen-bond acceptors (Lipinski definition) is 5. The molecule has 2 N–H and O–H groups in total. The molecule has 160 valence electrons. The number of carbonyl (C=O) groups excluding carboxylic acids is 1. The molecule has 2 aromatic carbocycles. The fourth-order valence-corrected chi connectivity index (χ4v) is 4.49. The molecule has 2 fully saturated rings. The third-order valence-electron chi connectivity index (χ3n) is 6.15. The molecule has 2 aliphatic rings. The zero-order valence-electron chi connectivity index (χ0n) is 17.5. The normalized spacial score (nSPS) is 25.1. The van der Waals surface area contributed by atoms with E-state index in [9.17, 15) is 4.79 Å². The molecule has 2 aliphatic heterocycles. The average Bonchev–Trinajstić information content (AvgIpc) is 2.77. The van der Waals surface area contributed by atoms with Crippen LogP contribution in [-0.2, 0) is 11.2 Å². The van der Waals surface area contributed by atoms with Crippen molar-refractivity contribution < 1.29 is 9.53 Å². The first-order chi connectivity index (χ1) is 14.5. The molecule has 0 radical (unpaired) electrons. The fourth-order valence-electron chi connectivity index (χ4n) is 4.27. The summed E-state index contributed by atoms with van der Waals surface area (Å²) in [6.07, 6.45) is 0.505. The van der Waals surface area contributed by atoms with Crippen LogP contribution in [0.5, 0.6) is 5.75 Å². The van der Waals surface area contributed by atoms with Crippen LogP contribution in [0, 0.1) is 5.92 Å². The molecule has 0 aromatic heterocycles. The Kier molecular flexibility index (Phi) is 6.46. The van der Waals surface area contributed by atoms with Crippen LogP contribution in [-0.4, -0.2) is 56.4 Å². The van der Waals surface area contributed by atoms with Gasteiger partial charge in [0.15, 0.2) is 0 Å². The van der Waals surface area contributed by atoms with Crippen molar-refractivity contribution in [2.45, 2.75) is 25.7 Å². The van der Waals surface area contributed by atoms with E-state index in [4.69, 9.17) is 16.3 Å². The number of benzene rings is 2. The molecule has 1 amide bonds. The highest BCUT2D eigenvalue weighted by molar-refractivity contribution is 6.31. The topological polar surface area (TPSA) is 56.8 Å². The maximum Gasteiger partial charge on any atom is 0.227 e. The minimum absolute atomic E-state index is 0.0691. The van der Waals surface area contributed by atoms with Gasteiger partial charge in [-0.25, -0.2) is 0 Å². The Labute approximate surface area is 183 Å². The summed E-state index contributed by atoms with van der Waals surface area (Å²) in [6, 6.07) is 16.0. The van der Waals surface area contributed by atoms with E-state index in [1.165, 1.54) is 5.69 Å². The molecule has 0 bridgehead atoms. The number of hydrogen-bond donors (Lipinski definition) is 2. The number of methoxy groups -OCH3 is 1. The zero-order chi connectivity index (χ0) is 21.1. The third kappa shape index (κ3) is 4.56. The lowest BCUT2D eigenvalue weighted by Gasteiger charge is -2.45. The Morgan fingerprint density at radius 1 is 1.07 bits per heavy atom. The fraction of sp³-hybridized carbons (Fsp3) is 0.435. The van der Waals surface area contributed by atoms with Crippen molar-refractivity contribution in [2.24, 2.45) is 5.92 Å². The average molecular weight is 429 g/mol. The summed E-state index contributed by atoms with van der Waals surface area (Å²) in [4.78, 5) is 17.5. The molecular formula is C23H29ClN4O2. The maximum atomic E-state index is 12.9. The number of anilines is 1. The Bertz CT molecular complexity index is 868. The van der Waals surface area contributed by atoms with Gasteiger partial charge in [-0.05, 0) is 49.2 Å². The minimum atomic E-state index is -0.137. The molecule has 2 aromatic rings. The summed E-state index contributed by atoms with van der Waals surface area (Å²) in [7, 11) is 1.68. The number of ether oxygens (including phenoxy) is 1. The van der Waals surface area contributed by atoms with E-state index in [1.807, 2.05) is 36.4 Å². The van der Waals surface area contributed by atoms with E-state index in [1.54, 1.807) is 7.11 Å². The monoisotopic (exact) mass is 428 g/mol. The standard InChI is InChI=1S/C23H29ClN4O2/c1-16-20(15-17-5-3-4-6-21(17)24)22(29)26-23(25-16)28-13-11-27(12-14-28)18-7-9-19(30-2)10-8-18/h3-10,16,20,23,25H,11-15H2,1-2H3,(H,26,29). The van der Waals surface area contributed by atoms with Crippen LogP contribution in [0.25, 0.3) is 0 Å². The van der Waals surface area contributed by atoms with Gasteiger partial charge in [-0.1, -0.05) is 29.8 Å². The van der Waals surface area contributed by atoms with E-state index in [-0.39, 0.29) is 24.2 Å². The largest absolute Gasteiger partial charge is 0.497 e. The highest BCUT2D eigenvalue weighted by atomic mass is 35.5. The summed E-state index contributed by atoms with van der Waals surface area (Å²) in [5, 5.41) is 7.48. The second-order valence-electron chi connectivity index (χ2n) is 7.99. The van der Waals surface area contributed by atoms with Crippen molar-refractivity contribution in [3.05, 3.63) is 59.1 Å². The zero-order valence-corrected chi connectivity index (χ0v) is 18.2. The number of piperazine rings is 1. The number of amides is 1. The lowest BCUT2D eigenvalue weighted by molar-refractivity contribution is -0.132. The highest BCUT2D eigenvalue weighted by Gasteiger charge is 2.36. The number of rotatable bonds is 5. The van der Waals surface area contributed by atoms with E-state index < -0.39 is 0 Å². The van der Waals surface area contributed by atoms with Gasteiger partial charge in [-0.3, -0.25) is 15.0 Å². The maximum absolute atomic E-state index is 12.9. The van der Waals surface area contributed by atoms with E-state index in [0.29, 0.717) is 11.4 Å². The Balaban J connectivity index is 1.33. The quantitative estimate of drug-likeness (QED) is 0.766. The molecule has 0 spiro atoms. The Morgan fingerprint density at radius 2 is 1.77 bits per heavy atom. The van der Waals surface area contributed by atoms with Gasteiger partial charge in [0, 0.05) is 42.9 Å². The van der Waals surface area contributed by atoms with Crippen LogP contribution in [0.2, 0.25) is 5.02 Å². The highest BCUT2D eigenvalue weighted by Crippen LogP contribution is 2.24. The Hall–Kier alpha value is -2.28. The van der Waals surface area contributed by atoms with Crippen LogP contribution >= 0.6 is 11.6 Å². The SMILES string of the molecule is COc1ccc(N2CCN(C3NC(=O)C(Cc4ccccc4Cl)C(C)N3)CC2)cc1. The summed E-state index contributed by atoms with van der Waals surface area (Å²) < 4.78 is 5.24. The molecule has 4 rings (SSSR count). The molecular weight excluding hydrogens is 400 g/mol. The van der Waals surface area contributed by atoms with Gasteiger partial charge in [-0.2, -0.15) is 0 Å². The number of halogens is 1. The van der Waals surface area contributed by atoms with Crippen LogP contribution in [0.4, 0.5) is 5.69 Å². The second-order valence-corrected chi connectivity index (χ2v) is 8.40. The molecule has 2 heterocycles. The molecule has 7 heteroatoms. The summed E-state index contributed by atoms with van der Waals surface area (Å²) in [5.74, 6) is 0.817. The van der Waals surface area contributed by atoms with Crippen molar-refractivity contribution in [1.82, 2.24) is 15.5 Å². The van der Waals surface area contributed by atoms with Gasteiger partial charge in [0.25, 0.3) is 0 Å². The van der Waals surface area contributed by atoms with Gasteiger partial charge < -0.3 is 15.0 Å². The molecule has 0 aliphatic carbocycles. The van der Waals surface area contributed by atoms with Gasteiger partial charge in [0.2, 0.25) is 5.91 Å². The van der Waals surface area contributed by atoms with Crippen molar-refractivity contribution in [3.63, 3.8) is 0 Å². The van der Waals surface area contributed by atoms with Crippen LogP contribution in [0.15, 0.2) is 48.5 Å². The van der Waals surface area contributed by atoms with Gasteiger partial charge >= 0.3 is 0 Å². The van der Waals surface area contributed by atoms with Crippen molar-refractivity contribution in [3.8, 4) is 5.75 Å². The van der Waals surface area contributed by atoms with Crippen molar-refractivity contribution in [2.75, 3.05) is 38.2 Å². The molecule has 2 saturated heterocycles. The van der Waals surface area contributed by atoms with Gasteiger partial charge in [0.1, 0.15) is 12.0 Å². The third-order valence-corrected chi connectivity index (χ3v) is 6.52. The Morgan fingerprint density at radius 3 is 2.40 bits per heavy atom. The number of nitrogens with one attached hydrogen (secondary N) is 2. The summed E-state index contributed by atoms with van der Waals surface area (Å²) >= 11 is 6.30. The summed E-state index contributed by atoms with van der Waals surface area (Å²) in [6.45, 7) is 5.67. The van der Waals surface area contributed by atoms with Crippen molar-refractivity contribution >= 4 is 23.2 Å². The van der Waals surface area contributed by atoms with E-state index in [2.05, 4.69) is 39.5 Å². The number of carbonyl (C=O) groups is 1. The van der Waals surface area contributed by atoms with Crippen LogP contribution < -0.4 is 20.3 Å². The first-order valence-corrected chi connectivity index (χ1v) is 10.9. The molecule has 3 atom stereocenters. The molecule has 6 nitrogen and oxygen atoms in total. The first-order valence-electron chi connectivity index (χ1n) is 10.5. The van der Waals surface area contributed by atoms with Crippen LogP contribution in [0.3, 0.4) is 0 Å². The van der Waals surface area contributed by atoms with E-state index in [0.717, 1.165) is 37.5 Å². The van der Waals surface area contributed by atoms with Crippen molar-refractivity contribution in [1.29, 1.82) is 0 Å². The smallest absolute Gasteiger partial charge is 0.227 e. The minimum Gasteiger partial charge on any atom is -0.497 e. The van der Waals surface area contributed by atoms with Crippen LogP contribution in [0.1, 0.15) is 12.5 Å². The van der Waals surface area contributed by atoms with Gasteiger partial charge in [0.05, 0.1) is 13.0 Å².